The summed E-state index contributed by atoms with van der Waals surface area (Å²) < 4.78 is 49.5. The van der Waals surface area contributed by atoms with E-state index >= 15 is 0 Å². The number of carbonyl (C=O) groups excluding carboxylic acids is 1. The van der Waals surface area contributed by atoms with Gasteiger partial charge in [-0.3, -0.25) is 10.0 Å². The second kappa shape index (κ2) is 8.67. The fourth-order valence-corrected chi connectivity index (χ4v) is 7.07. The first kappa shape index (κ1) is 22.8. The molecule has 0 aromatic heterocycles. The van der Waals surface area contributed by atoms with Crippen molar-refractivity contribution in [3.8, 4) is 0 Å². The third kappa shape index (κ3) is 4.40. The summed E-state index contributed by atoms with van der Waals surface area (Å²) in [5.74, 6) is -1.06. The molecule has 1 aliphatic heterocycles. The number of nitrogens with zero attached hydrogens (tertiary/aromatic N) is 1. The molecule has 2 N–H and O–H groups in total. The van der Waals surface area contributed by atoms with Crippen LogP contribution in [0.1, 0.15) is 12.8 Å². The van der Waals surface area contributed by atoms with Crippen LogP contribution < -0.4 is 5.48 Å². The van der Waals surface area contributed by atoms with Gasteiger partial charge in [-0.05, 0) is 49.2 Å². The van der Waals surface area contributed by atoms with E-state index in [1.165, 1.54) is 29.4 Å². The Hall–Kier alpha value is -1.92. The Morgan fingerprint density at radius 1 is 0.967 bits per heavy atom. The molecule has 0 bridgehead atoms. The zero-order chi connectivity index (χ0) is 22.0. The summed E-state index contributed by atoms with van der Waals surface area (Å²) in [5.41, 5.74) is 1.46. The van der Waals surface area contributed by atoms with E-state index in [4.69, 9.17) is 0 Å². The molecule has 0 radical (unpaired) electrons. The highest BCUT2D eigenvalue weighted by atomic mass is 32.2. The van der Waals surface area contributed by atoms with Crippen molar-refractivity contribution in [3.63, 3.8) is 0 Å². The van der Waals surface area contributed by atoms with Crippen LogP contribution in [0, 0.1) is 0 Å². The fourth-order valence-electron chi connectivity index (χ4n) is 3.44. The molecule has 2 aromatic rings. The molecule has 1 saturated heterocycles. The number of hydrogen-bond donors (Lipinski definition) is 2. The number of sulfone groups is 1. The van der Waals surface area contributed by atoms with E-state index in [9.17, 15) is 26.8 Å². The van der Waals surface area contributed by atoms with Crippen LogP contribution in [0.3, 0.4) is 0 Å². The minimum Gasteiger partial charge on any atom is -0.289 e. The average Bonchev–Trinajstić information content (AvgIpc) is 2.73. The average molecular weight is 471 g/mol. The first-order valence-electron chi connectivity index (χ1n) is 9.07. The predicted molar refractivity (Wildman–Crippen MR) is 113 cm³/mol. The Bertz CT molecular complexity index is 1110. The first-order valence-corrected chi connectivity index (χ1v) is 13.2. The van der Waals surface area contributed by atoms with Gasteiger partial charge in [-0.1, -0.05) is 30.0 Å². The number of hydrogen-bond acceptors (Lipinski definition) is 7. The molecule has 30 heavy (non-hydrogen) atoms. The van der Waals surface area contributed by atoms with Gasteiger partial charge < -0.3 is 0 Å². The predicted octanol–water partition coefficient (Wildman–Crippen LogP) is 1.91. The molecule has 8 nitrogen and oxygen atoms in total. The number of carbonyl (C=O) groups is 1. The lowest BCUT2D eigenvalue weighted by Gasteiger charge is -2.38. The summed E-state index contributed by atoms with van der Waals surface area (Å²) in [6.45, 7) is -0.263. The highest BCUT2D eigenvalue weighted by molar-refractivity contribution is 7.99. The minimum atomic E-state index is -4.20. The maximum absolute atomic E-state index is 13.4. The van der Waals surface area contributed by atoms with Crippen LogP contribution in [0.15, 0.2) is 69.3 Å². The molecule has 2 aromatic carbocycles. The SMILES string of the molecule is CS(=O)(=O)N1CCC(C(=O)NO)(S(=O)(=O)c2ccc(Sc3ccccc3)cc2)CC1. The molecule has 0 spiro atoms. The van der Waals surface area contributed by atoms with Crippen molar-refractivity contribution in [3.05, 3.63) is 54.6 Å². The van der Waals surface area contributed by atoms with Crippen molar-refractivity contribution in [1.82, 2.24) is 9.79 Å². The molecule has 0 aliphatic carbocycles. The molecular formula is C19H22N2O6S3. The van der Waals surface area contributed by atoms with Crippen LogP contribution in [-0.2, 0) is 24.7 Å². The summed E-state index contributed by atoms with van der Waals surface area (Å²) in [6.07, 6.45) is 0.522. The molecule has 1 fully saturated rings. The van der Waals surface area contributed by atoms with E-state index in [1.54, 1.807) is 12.1 Å². The zero-order valence-electron chi connectivity index (χ0n) is 16.2. The lowest BCUT2D eigenvalue weighted by molar-refractivity contribution is -0.133. The quantitative estimate of drug-likeness (QED) is 0.489. The van der Waals surface area contributed by atoms with Crippen molar-refractivity contribution in [1.29, 1.82) is 0 Å². The number of hydroxylamine groups is 1. The fraction of sp³-hybridized carbons (Fsp3) is 0.316. The molecule has 0 unspecified atom stereocenters. The molecule has 1 aliphatic rings. The van der Waals surface area contributed by atoms with Gasteiger partial charge in [0.05, 0.1) is 11.2 Å². The van der Waals surface area contributed by atoms with Crippen LogP contribution in [0.4, 0.5) is 0 Å². The summed E-state index contributed by atoms with van der Waals surface area (Å²) in [7, 11) is -7.71. The van der Waals surface area contributed by atoms with Crippen molar-refractivity contribution < 1.29 is 26.8 Å². The molecule has 0 saturated carbocycles. The van der Waals surface area contributed by atoms with Gasteiger partial charge in [-0.25, -0.2) is 26.6 Å². The number of rotatable bonds is 6. The summed E-state index contributed by atoms with van der Waals surface area (Å²) in [6, 6.07) is 15.7. The van der Waals surface area contributed by atoms with Crippen LogP contribution >= 0.6 is 11.8 Å². The number of amides is 1. The Labute approximate surface area is 180 Å². The molecule has 0 atom stereocenters. The second-order valence-corrected chi connectivity index (χ2v) is 12.4. The lowest BCUT2D eigenvalue weighted by atomic mass is 9.96. The van der Waals surface area contributed by atoms with Gasteiger partial charge in [-0.15, -0.1) is 0 Å². The van der Waals surface area contributed by atoms with Crippen LogP contribution in [0.25, 0.3) is 0 Å². The van der Waals surface area contributed by atoms with Gasteiger partial charge in [0.1, 0.15) is 0 Å². The van der Waals surface area contributed by atoms with E-state index in [0.29, 0.717) is 0 Å². The van der Waals surface area contributed by atoms with Crippen LogP contribution in [0.2, 0.25) is 0 Å². The van der Waals surface area contributed by atoms with E-state index in [1.807, 2.05) is 30.3 Å². The highest BCUT2D eigenvalue weighted by Gasteiger charge is 2.53. The van der Waals surface area contributed by atoms with E-state index in [-0.39, 0.29) is 30.8 Å². The summed E-state index contributed by atoms with van der Waals surface area (Å²) >= 11 is 1.47. The monoisotopic (exact) mass is 470 g/mol. The molecular weight excluding hydrogens is 448 g/mol. The summed E-state index contributed by atoms with van der Waals surface area (Å²) in [4.78, 5) is 14.2. The van der Waals surface area contributed by atoms with Crippen molar-refractivity contribution in [2.24, 2.45) is 0 Å². The van der Waals surface area contributed by atoms with Crippen LogP contribution in [-0.4, -0.2) is 56.3 Å². The largest absolute Gasteiger partial charge is 0.289 e. The van der Waals surface area contributed by atoms with Crippen molar-refractivity contribution in [2.75, 3.05) is 19.3 Å². The smallest absolute Gasteiger partial charge is 0.265 e. The zero-order valence-corrected chi connectivity index (χ0v) is 18.6. The Morgan fingerprint density at radius 2 is 1.50 bits per heavy atom. The van der Waals surface area contributed by atoms with E-state index in [2.05, 4.69) is 0 Å². The maximum atomic E-state index is 13.4. The highest BCUT2D eigenvalue weighted by Crippen LogP contribution is 2.37. The normalized spacial score (nSPS) is 17.4. The van der Waals surface area contributed by atoms with Gasteiger partial charge in [0.25, 0.3) is 5.91 Å². The maximum Gasteiger partial charge on any atom is 0.265 e. The number of piperidine rings is 1. The second-order valence-electron chi connectivity index (χ2n) is 6.99. The van der Waals surface area contributed by atoms with Gasteiger partial charge in [0.2, 0.25) is 10.0 Å². The molecule has 1 amide bonds. The number of sulfonamides is 1. The third-order valence-electron chi connectivity index (χ3n) is 5.14. The lowest BCUT2D eigenvalue weighted by Crippen LogP contribution is -2.58. The van der Waals surface area contributed by atoms with Crippen molar-refractivity contribution >= 4 is 37.5 Å². The molecule has 162 valence electrons. The Kier molecular flexibility index (Phi) is 6.58. The topological polar surface area (TPSA) is 121 Å². The van der Waals surface area contributed by atoms with Gasteiger partial charge in [0.15, 0.2) is 14.6 Å². The van der Waals surface area contributed by atoms with E-state index in [0.717, 1.165) is 20.4 Å². The van der Waals surface area contributed by atoms with Crippen LogP contribution in [0.5, 0.6) is 0 Å². The third-order valence-corrected chi connectivity index (χ3v) is 9.98. The Morgan fingerprint density at radius 3 is 2.00 bits per heavy atom. The van der Waals surface area contributed by atoms with Crippen molar-refractivity contribution in [2.45, 2.75) is 32.3 Å². The van der Waals surface area contributed by atoms with Gasteiger partial charge in [-0.2, -0.15) is 0 Å². The van der Waals surface area contributed by atoms with Gasteiger partial charge in [0, 0.05) is 22.9 Å². The summed E-state index contributed by atoms with van der Waals surface area (Å²) in [5, 5.41) is 9.20. The molecule has 11 heteroatoms. The minimum absolute atomic E-state index is 0.0590. The van der Waals surface area contributed by atoms with Gasteiger partial charge >= 0.3 is 0 Å². The number of benzene rings is 2. The number of nitrogens with one attached hydrogen (secondary N) is 1. The standard InChI is InChI=1S/C19H22N2O6S3/c1-29(24,25)21-13-11-19(12-14-21,18(22)20-23)30(26,27)17-9-7-16(8-10-17)28-15-5-3-2-4-6-15/h2-10,23H,11-14H2,1H3,(H,20,22). The van der Waals surface area contributed by atoms with E-state index < -0.39 is 30.5 Å². The Balaban J connectivity index is 1.90. The first-order chi connectivity index (χ1) is 14.1. The molecule has 3 rings (SSSR count). The molecule has 1 heterocycles.